The number of benzene rings is 1. The lowest BCUT2D eigenvalue weighted by Crippen LogP contribution is -2.33. The molecule has 1 unspecified atom stereocenters. The number of nitrogens with one attached hydrogen (secondary N) is 1. The first-order valence-corrected chi connectivity index (χ1v) is 12.7. The van der Waals surface area contributed by atoms with Crippen LogP contribution in [0.1, 0.15) is 25.5 Å². The Bertz CT molecular complexity index is 1370. The van der Waals surface area contributed by atoms with E-state index in [9.17, 15) is 31.9 Å². The first-order valence-electron chi connectivity index (χ1n) is 12.7. The third-order valence-corrected chi connectivity index (χ3v) is 5.93. The van der Waals surface area contributed by atoms with E-state index in [1.807, 2.05) is 0 Å². The van der Waals surface area contributed by atoms with Gasteiger partial charge in [0.15, 0.2) is 0 Å². The second kappa shape index (κ2) is 14.4. The molecule has 0 aliphatic carbocycles. The number of alkyl halides is 3. The molecule has 43 heavy (non-hydrogen) atoms. The Kier molecular flexibility index (Phi) is 10.9. The van der Waals surface area contributed by atoms with Crippen molar-refractivity contribution in [2.24, 2.45) is 10.9 Å². The van der Waals surface area contributed by atoms with Crippen molar-refractivity contribution in [3.05, 3.63) is 48.0 Å². The maximum atomic E-state index is 15.0. The van der Waals surface area contributed by atoms with Crippen LogP contribution < -0.4 is 16.0 Å². The van der Waals surface area contributed by atoms with E-state index >= 15 is 0 Å². The number of aromatic nitrogens is 1. The molecule has 232 valence electrons. The zero-order chi connectivity index (χ0) is 31.7. The highest BCUT2D eigenvalue weighted by Gasteiger charge is 2.38. The van der Waals surface area contributed by atoms with Gasteiger partial charge >= 0.3 is 24.2 Å². The molecule has 1 aromatic carbocycles. The summed E-state index contributed by atoms with van der Waals surface area (Å²) in [5.41, 5.74) is 7.68. The number of hydrogen-bond acceptors (Lipinski definition) is 10. The van der Waals surface area contributed by atoms with Gasteiger partial charge in [-0.2, -0.15) is 13.2 Å². The minimum absolute atomic E-state index is 0.169. The fourth-order valence-electron chi connectivity index (χ4n) is 3.82. The number of anilines is 1. The number of oxime groups is 1. The largest absolute Gasteiger partial charge is 0.490 e. The van der Waals surface area contributed by atoms with Gasteiger partial charge in [0.25, 0.3) is 0 Å². The summed E-state index contributed by atoms with van der Waals surface area (Å²) in [4.78, 5) is 54.4. The average Bonchev–Trinajstić information content (AvgIpc) is 3.58. The summed E-state index contributed by atoms with van der Waals surface area (Å²) in [5.74, 6) is -3.98. The van der Waals surface area contributed by atoms with Crippen LogP contribution in [0.4, 0.5) is 28.0 Å². The number of carbonyl (C=O) groups excluding carboxylic acids is 3. The molecule has 1 fully saturated rings. The highest BCUT2D eigenvalue weighted by Crippen LogP contribution is 2.29. The van der Waals surface area contributed by atoms with Gasteiger partial charge in [-0.25, -0.2) is 14.0 Å². The molecular weight excluding hydrogens is 586 g/mol. The number of rotatable bonds is 9. The molecule has 2 atom stereocenters. The maximum absolute atomic E-state index is 15.0. The molecule has 0 radical (unpaired) electrons. The van der Waals surface area contributed by atoms with Gasteiger partial charge in [-0.1, -0.05) is 11.2 Å². The van der Waals surface area contributed by atoms with Crippen LogP contribution in [0.3, 0.4) is 0 Å². The predicted octanol–water partition coefficient (Wildman–Crippen LogP) is 2.37. The number of nitrogens with two attached hydrogens (primary N) is 1. The molecule has 2 amide bonds. The van der Waals surface area contributed by atoms with E-state index in [1.165, 1.54) is 17.9 Å². The van der Waals surface area contributed by atoms with E-state index in [0.29, 0.717) is 41.1 Å². The van der Waals surface area contributed by atoms with Crippen molar-refractivity contribution in [1.82, 2.24) is 10.3 Å². The van der Waals surface area contributed by atoms with Gasteiger partial charge in [-0.3, -0.25) is 19.5 Å². The van der Waals surface area contributed by atoms with Crippen LogP contribution in [0.2, 0.25) is 0 Å². The third-order valence-electron chi connectivity index (χ3n) is 5.93. The molecule has 2 aromatic rings. The van der Waals surface area contributed by atoms with E-state index < -0.39 is 36.1 Å². The Hall–Kier alpha value is -4.80. The number of amides is 2. The van der Waals surface area contributed by atoms with Crippen molar-refractivity contribution < 1.29 is 56.2 Å². The summed E-state index contributed by atoms with van der Waals surface area (Å²) in [7, 11) is 0. The van der Waals surface area contributed by atoms with Crippen LogP contribution >= 0.6 is 0 Å². The fraction of sp³-hybridized carbons (Fsp3) is 0.385. The standard InChI is InChI=1S/C24H26FN5O6.C2HF3O2/c1-14(31)27-12-18-13-30(24(33)35-18)16-3-4-19(20(25)8-16)15-2-5-21(28-11-15)22-9-17(36-29-22)6-7-34-23(32)10-26;3-2(4,5)1(6)7/h2-5,8,11,17-18H,6-7,9-10,12-13,26H2,1H3,(H,27,31);(H,6,7)/t17?,18-;/m0./s1. The molecule has 2 aliphatic heterocycles. The summed E-state index contributed by atoms with van der Waals surface area (Å²) in [5, 5.41) is 13.8. The van der Waals surface area contributed by atoms with Gasteiger partial charge in [0.1, 0.15) is 23.7 Å². The lowest BCUT2D eigenvalue weighted by Gasteiger charge is -2.14. The lowest BCUT2D eigenvalue weighted by atomic mass is 10.0. The van der Waals surface area contributed by atoms with E-state index in [4.69, 9.17) is 29.9 Å². The first-order chi connectivity index (χ1) is 20.3. The molecule has 13 nitrogen and oxygen atoms in total. The molecule has 1 saturated heterocycles. The summed E-state index contributed by atoms with van der Waals surface area (Å²) < 4.78 is 56.9. The number of hydrogen-bond donors (Lipinski definition) is 3. The van der Waals surface area contributed by atoms with Crippen LogP contribution in [0.5, 0.6) is 0 Å². The van der Waals surface area contributed by atoms with Crippen LogP contribution in [0, 0.1) is 5.82 Å². The second-order valence-electron chi connectivity index (χ2n) is 9.14. The van der Waals surface area contributed by atoms with E-state index in [1.54, 1.807) is 30.5 Å². The molecule has 4 N–H and O–H groups in total. The number of carboxylic acids is 1. The molecule has 4 rings (SSSR count). The molecule has 17 heteroatoms. The van der Waals surface area contributed by atoms with Gasteiger partial charge in [0.2, 0.25) is 5.91 Å². The molecule has 0 bridgehead atoms. The number of aliphatic carboxylic acids is 1. The smallest absolute Gasteiger partial charge is 0.475 e. The van der Waals surface area contributed by atoms with Crippen molar-refractivity contribution in [1.29, 1.82) is 0 Å². The van der Waals surface area contributed by atoms with Gasteiger partial charge < -0.3 is 30.5 Å². The Morgan fingerprint density at radius 3 is 2.51 bits per heavy atom. The number of carboxylic acid groups (broad SMARTS) is 1. The number of nitrogens with zero attached hydrogens (tertiary/aromatic N) is 3. The number of carbonyl (C=O) groups is 4. The number of ether oxygens (including phenoxy) is 2. The Morgan fingerprint density at radius 1 is 1.21 bits per heavy atom. The van der Waals surface area contributed by atoms with Gasteiger partial charge in [-0.15, -0.1) is 0 Å². The molecule has 0 spiro atoms. The monoisotopic (exact) mass is 613 g/mol. The molecule has 3 heterocycles. The Morgan fingerprint density at radius 2 is 1.93 bits per heavy atom. The summed E-state index contributed by atoms with van der Waals surface area (Å²) in [6.07, 6.45) is -3.90. The van der Waals surface area contributed by atoms with Crippen LogP contribution in [-0.2, 0) is 28.7 Å². The number of cyclic esters (lactones) is 1. The minimum atomic E-state index is -5.08. The van der Waals surface area contributed by atoms with Gasteiger partial charge in [0, 0.05) is 37.1 Å². The highest BCUT2D eigenvalue weighted by atomic mass is 19.4. The van der Waals surface area contributed by atoms with Crippen LogP contribution in [0.15, 0.2) is 41.7 Å². The highest BCUT2D eigenvalue weighted by molar-refractivity contribution is 5.99. The molecule has 2 aliphatic rings. The van der Waals surface area contributed by atoms with Crippen molar-refractivity contribution in [3.8, 4) is 11.1 Å². The van der Waals surface area contributed by atoms with E-state index in [2.05, 4.69) is 15.5 Å². The third kappa shape index (κ3) is 9.35. The SMILES string of the molecule is CC(=O)NC[C@H]1CN(c2ccc(-c3ccc(C4=NOC(CCOC(=O)CN)C4)nc3)c(F)c2)C(=O)O1.O=C(O)C(F)(F)F. The summed E-state index contributed by atoms with van der Waals surface area (Å²) in [6.45, 7) is 1.79. The van der Waals surface area contributed by atoms with Gasteiger partial charge in [-0.05, 0) is 24.3 Å². The summed E-state index contributed by atoms with van der Waals surface area (Å²) in [6, 6.07) is 7.93. The maximum Gasteiger partial charge on any atom is 0.490 e. The van der Waals surface area contributed by atoms with Crippen molar-refractivity contribution >= 4 is 35.3 Å². The number of halogens is 4. The molecule has 0 saturated carbocycles. The molecule has 1 aromatic heterocycles. The van der Waals surface area contributed by atoms with Gasteiger partial charge in [0.05, 0.1) is 37.6 Å². The van der Waals surface area contributed by atoms with E-state index in [0.717, 1.165) is 0 Å². The number of esters is 1. The number of pyridine rings is 1. The zero-order valence-electron chi connectivity index (χ0n) is 22.6. The zero-order valence-corrected chi connectivity index (χ0v) is 22.6. The van der Waals surface area contributed by atoms with Crippen molar-refractivity contribution in [2.45, 2.75) is 38.1 Å². The van der Waals surface area contributed by atoms with E-state index in [-0.39, 0.29) is 38.3 Å². The lowest BCUT2D eigenvalue weighted by molar-refractivity contribution is -0.192. The predicted molar refractivity (Wildman–Crippen MR) is 140 cm³/mol. The fourth-order valence-corrected chi connectivity index (χ4v) is 3.82. The normalized spacial score (nSPS) is 17.7. The Labute approximate surface area is 241 Å². The Balaban J connectivity index is 0.000000646. The molecular formula is C26H27F4N5O8. The van der Waals surface area contributed by atoms with Crippen molar-refractivity contribution in [2.75, 3.05) is 31.1 Å². The minimum Gasteiger partial charge on any atom is -0.475 e. The average molecular weight is 614 g/mol. The quantitative estimate of drug-likeness (QED) is 0.280. The summed E-state index contributed by atoms with van der Waals surface area (Å²) >= 11 is 0. The van der Waals surface area contributed by atoms with Crippen LogP contribution in [0.25, 0.3) is 11.1 Å². The first kappa shape index (κ1) is 32.7. The van der Waals surface area contributed by atoms with Crippen molar-refractivity contribution in [3.63, 3.8) is 0 Å². The topological polar surface area (TPSA) is 183 Å². The second-order valence-corrected chi connectivity index (χ2v) is 9.14. The van der Waals surface area contributed by atoms with Crippen LogP contribution in [-0.4, -0.2) is 84.4 Å².